The molecule has 0 amide bonds. The zero-order chi connectivity index (χ0) is 21.4. The van der Waals surface area contributed by atoms with Crippen LogP contribution in [0.25, 0.3) is 43.6 Å². The number of rotatable bonds is 1. The summed E-state index contributed by atoms with van der Waals surface area (Å²) in [5.74, 6) is 0. The maximum atomic E-state index is 10.9. The van der Waals surface area contributed by atoms with Crippen LogP contribution in [0.4, 0.5) is 0 Å². The molecule has 1 fully saturated rings. The number of hydrogen-bond donors (Lipinski definition) is 4. The lowest BCUT2D eigenvalue weighted by Gasteiger charge is -2.40. The number of halogens is 1. The van der Waals surface area contributed by atoms with Gasteiger partial charge in [0.25, 0.3) is 0 Å². The normalized spacial score (nSPS) is 27.1. The van der Waals surface area contributed by atoms with Crippen LogP contribution in [0.1, 0.15) is 13.2 Å². The number of nitrogens with zero attached hydrogens (tertiary/aromatic N) is 1. The van der Waals surface area contributed by atoms with E-state index in [0.717, 1.165) is 43.6 Å². The maximum Gasteiger partial charge on any atom is 0.163 e. The van der Waals surface area contributed by atoms with E-state index in [1.165, 1.54) is 0 Å². The Morgan fingerprint density at radius 1 is 0.871 bits per heavy atom. The van der Waals surface area contributed by atoms with Crippen molar-refractivity contribution in [2.45, 2.75) is 37.6 Å². The van der Waals surface area contributed by atoms with Gasteiger partial charge in [-0.05, 0) is 31.2 Å². The molecule has 31 heavy (non-hydrogen) atoms. The topological polar surface area (TPSA) is 90.6 Å². The number of para-hydroxylation sites is 1. The van der Waals surface area contributed by atoms with E-state index in [2.05, 4.69) is 17.1 Å². The minimum Gasteiger partial charge on any atom is -0.388 e. The van der Waals surface area contributed by atoms with E-state index in [0.29, 0.717) is 5.02 Å². The molecule has 1 saturated heterocycles. The number of fused-ring (bicyclic) bond motifs is 7. The Hall–Kier alpha value is -2.61. The monoisotopic (exact) mass is 436 g/mol. The summed E-state index contributed by atoms with van der Waals surface area (Å²) in [4.78, 5) is 3.51. The van der Waals surface area contributed by atoms with Crippen molar-refractivity contribution in [3.8, 4) is 0 Å². The molecular formula is C24H21ClN2O4. The third-order valence-corrected chi connectivity index (χ3v) is 6.72. The van der Waals surface area contributed by atoms with Crippen molar-refractivity contribution in [1.82, 2.24) is 9.55 Å². The largest absolute Gasteiger partial charge is 0.388 e. The van der Waals surface area contributed by atoms with E-state index < -0.39 is 30.6 Å². The van der Waals surface area contributed by atoms with Crippen LogP contribution in [-0.2, 0) is 4.74 Å². The average molecular weight is 437 g/mol. The number of aromatic amines is 1. The van der Waals surface area contributed by atoms with Gasteiger partial charge in [0, 0.05) is 32.1 Å². The third-order valence-electron chi connectivity index (χ3n) is 6.49. The van der Waals surface area contributed by atoms with Gasteiger partial charge >= 0.3 is 0 Å². The number of hydrogen-bond acceptors (Lipinski definition) is 4. The van der Waals surface area contributed by atoms with E-state index in [1.807, 2.05) is 47.0 Å². The molecule has 158 valence electrons. The summed E-state index contributed by atoms with van der Waals surface area (Å²) in [6.07, 6.45) is -5.27. The second-order valence-corrected chi connectivity index (χ2v) is 8.73. The second-order valence-electron chi connectivity index (χ2n) is 8.29. The molecule has 1 aliphatic rings. The van der Waals surface area contributed by atoms with Crippen molar-refractivity contribution in [3.63, 3.8) is 0 Å². The zero-order valence-electron chi connectivity index (χ0n) is 16.7. The summed E-state index contributed by atoms with van der Waals surface area (Å²) in [5, 5.41) is 36.2. The Morgan fingerprint density at radius 2 is 1.65 bits per heavy atom. The SMILES string of the molecule is C[C@@H]1O[C@@H](n2c3ccccc3c3ccc4c5cc(Cl)ccc5[nH]c4c32)[C@H](O)[C@@H](O)[C@@H]1O. The predicted octanol–water partition coefficient (Wildman–Crippen LogP) is 4.08. The number of aromatic nitrogens is 2. The van der Waals surface area contributed by atoms with Gasteiger partial charge in [0.1, 0.15) is 18.3 Å². The first-order valence-electron chi connectivity index (χ1n) is 10.3. The summed E-state index contributed by atoms with van der Waals surface area (Å²) in [6.45, 7) is 1.70. The summed E-state index contributed by atoms with van der Waals surface area (Å²) in [5.41, 5.74) is 3.60. The van der Waals surface area contributed by atoms with Gasteiger partial charge in [0.15, 0.2) is 6.23 Å². The fourth-order valence-corrected chi connectivity index (χ4v) is 5.10. The molecule has 2 aromatic heterocycles. The highest BCUT2D eigenvalue weighted by Gasteiger charge is 2.43. The smallest absolute Gasteiger partial charge is 0.163 e. The van der Waals surface area contributed by atoms with Crippen LogP contribution in [-0.4, -0.2) is 49.3 Å². The van der Waals surface area contributed by atoms with Crippen molar-refractivity contribution in [2.75, 3.05) is 0 Å². The quantitative estimate of drug-likeness (QED) is 0.318. The van der Waals surface area contributed by atoms with Crippen molar-refractivity contribution >= 4 is 55.2 Å². The zero-order valence-corrected chi connectivity index (χ0v) is 17.4. The maximum absolute atomic E-state index is 10.9. The Labute approximate surface area is 182 Å². The van der Waals surface area contributed by atoms with E-state index in [1.54, 1.807) is 6.92 Å². The third kappa shape index (κ3) is 2.60. The minimum absolute atomic E-state index is 0.639. The Kier molecular flexibility index (Phi) is 4.12. The molecule has 5 aromatic rings. The summed E-state index contributed by atoms with van der Waals surface area (Å²) in [7, 11) is 0. The number of ether oxygens (including phenoxy) is 1. The lowest BCUT2D eigenvalue weighted by atomic mass is 9.99. The number of benzene rings is 3. The number of aliphatic hydroxyl groups is 3. The van der Waals surface area contributed by atoms with Gasteiger partial charge in [0.05, 0.1) is 22.7 Å². The summed E-state index contributed by atoms with van der Waals surface area (Å²) < 4.78 is 7.98. The lowest BCUT2D eigenvalue weighted by Crippen LogP contribution is -2.54. The first-order valence-corrected chi connectivity index (χ1v) is 10.7. The first-order chi connectivity index (χ1) is 15.0. The average Bonchev–Trinajstić information content (AvgIpc) is 3.30. The molecule has 1 aliphatic heterocycles. The van der Waals surface area contributed by atoms with E-state index in [4.69, 9.17) is 16.3 Å². The Bertz CT molecular complexity index is 1470. The molecule has 0 unspecified atom stereocenters. The Morgan fingerprint density at radius 3 is 2.48 bits per heavy atom. The fourth-order valence-electron chi connectivity index (χ4n) is 4.93. The highest BCUT2D eigenvalue weighted by Crippen LogP contribution is 2.41. The van der Waals surface area contributed by atoms with Crippen LogP contribution < -0.4 is 0 Å². The van der Waals surface area contributed by atoms with Crippen LogP contribution in [0.3, 0.4) is 0 Å². The number of aliphatic hydroxyl groups excluding tert-OH is 3. The molecule has 6 nitrogen and oxygen atoms in total. The van der Waals surface area contributed by atoms with E-state index in [9.17, 15) is 15.3 Å². The van der Waals surface area contributed by atoms with Gasteiger partial charge in [-0.2, -0.15) is 0 Å². The van der Waals surface area contributed by atoms with Crippen LogP contribution in [0.15, 0.2) is 54.6 Å². The molecule has 0 radical (unpaired) electrons. The van der Waals surface area contributed by atoms with Gasteiger partial charge in [-0.25, -0.2) is 0 Å². The van der Waals surface area contributed by atoms with Gasteiger partial charge < -0.3 is 29.6 Å². The highest BCUT2D eigenvalue weighted by molar-refractivity contribution is 6.32. The first kappa shape index (κ1) is 19.1. The van der Waals surface area contributed by atoms with E-state index >= 15 is 0 Å². The molecule has 7 heteroatoms. The molecule has 0 spiro atoms. The van der Waals surface area contributed by atoms with Crippen LogP contribution >= 0.6 is 11.6 Å². The van der Waals surface area contributed by atoms with Crippen molar-refractivity contribution in [1.29, 1.82) is 0 Å². The molecule has 0 saturated carbocycles. The Balaban J connectivity index is 1.74. The fraction of sp³-hybridized carbons (Fsp3) is 0.250. The van der Waals surface area contributed by atoms with Crippen molar-refractivity contribution in [3.05, 3.63) is 59.6 Å². The number of nitrogens with one attached hydrogen (secondary N) is 1. The predicted molar refractivity (Wildman–Crippen MR) is 121 cm³/mol. The van der Waals surface area contributed by atoms with Crippen molar-refractivity contribution < 1.29 is 20.1 Å². The van der Waals surface area contributed by atoms with E-state index in [-0.39, 0.29) is 0 Å². The second kappa shape index (κ2) is 6.69. The molecule has 0 aliphatic carbocycles. The lowest BCUT2D eigenvalue weighted by molar-refractivity contribution is -0.238. The molecule has 4 N–H and O–H groups in total. The number of H-pyrrole nitrogens is 1. The molecule has 0 bridgehead atoms. The van der Waals surface area contributed by atoms with Gasteiger partial charge in [-0.15, -0.1) is 0 Å². The van der Waals surface area contributed by atoms with Gasteiger partial charge in [-0.3, -0.25) is 0 Å². The van der Waals surface area contributed by atoms with Gasteiger partial charge in [0.2, 0.25) is 0 Å². The molecule has 6 rings (SSSR count). The molecule has 3 aromatic carbocycles. The summed E-state index contributed by atoms with van der Waals surface area (Å²) >= 11 is 6.25. The molecule has 5 atom stereocenters. The van der Waals surface area contributed by atoms with Crippen molar-refractivity contribution in [2.24, 2.45) is 0 Å². The van der Waals surface area contributed by atoms with Crippen LogP contribution in [0, 0.1) is 0 Å². The van der Waals surface area contributed by atoms with Crippen LogP contribution in [0.5, 0.6) is 0 Å². The summed E-state index contributed by atoms with van der Waals surface area (Å²) in [6, 6.07) is 17.8. The standard InChI is InChI=1S/C24H21ClN2O4/c1-11-21(28)22(29)23(30)24(31-11)27-18-5-3-2-4-13(18)15-8-7-14-16-10-12(25)6-9-17(16)26-19(14)20(15)27/h2-11,21-24,26,28-30H,1H3/t11-,21+,22-,23+,24+/m0/s1. The highest BCUT2D eigenvalue weighted by atomic mass is 35.5. The van der Waals surface area contributed by atoms with Crippen LogP contribution in [0.2, 0.25) is 5.02 Å². The van der Waals surface area contributed by atoms with Gasteiger partial charge in [-0.1, -0.05) is 41.9 Å². The minimum atomic E-state index is -1.31. The molecular weight excluding hydrogens is 416 g/mol. The molecule has 3 heterocycles.